The summed E-state index contributed by atoms with van der Waals surface area (Å²) < 4.78 is 58.2. The Morgan fingerprint density at radius 2 is 0.594 bits per heavy atom. The van der Waals surface area contributed by atoms with Crippen LogP contribution in [0.5, 0.6) is 0 Å². The largest absolute Gasteiger partial charge is 0.325 e. The first-order valence-electron chi connectivity index (χ1n) is 23.6. The maximum Gasteiger partial charge on any atom is 0.238 e. The van der Waals surface area contributed by atoms with Crippen LogP contribution in [0, 0.1) is 55.2 Å². The Kier molecular flexibility index (Phi) is 10.4. The number of carbonyl (C=O) groups is 2. The first-order valence-corrected chi connectivity index (χ1v) is 23.6. The van der Waals surface area contributed by atoms with Crippen LogP contribution in [-0.4, -0.2) is 58.1 Å². The summed E-state index contributed by atoms with van der Waals surface area (Å²) in [4.78, 5) is 30.8. The summed E-state index contributed by atoms with van der Waals surface area (Å²) in [5.74, 6) is -13.5. The van der Waals surface area contributed by atoms with Crippen LogP contribution in [0.4, 0.5) is 11.4 Å². The van der Waals surface area contributed by atoms with Gasteiger partial charge in [0.2, 0.25) is 11.8 Å². The second-order valence-corrected chi connectivity index (χ2v) is 28.3. The molecule has 0 saturated carbocycles. The fraction of sp³-hybridized carbons (Fsp3) is 0.846. The van der Waals surface area contributed by atoms with Gasteiger partial charge < -0.3 is 48.5 Å². The SMILES string of the molecule is CC(C)(C)C12CC3(C(C)(C)C)OC(C(C)(C)C)(O1)C(C(=O)Nc1cccc(NC(=O)C4C5(C(C)(C)C)OC6(C(C)(C)C)CC(C(C)(C)C)(O5)OC4(C(C)(C)C)O6)c1)C(C(C)(C)C)(O2)O3. The van der Waals surface area contributed by atoms with Crippen molar-refractivity contribution in [1.29, 1.82) is 0 Å². The van der Waals surface area contributed by atoms with Gasteiger partial charge in [-0.15, -0.1) is 0 Å². The molecule has 0 aliphatic carbocycles. The van der Waals surface area contributed by atoms with Crippen LogP contribution in [0.15, 0.2) is 24.3 Å². The predicted molar refractivity (Wildman–Crippen MR) is 246 cm³/mol. The molecule has 8 fully saturated rings. The summed E-state index contributed by atoms with van der Waals surface area (Å²) in [7, 11) is 0. The van der Waals surface area contributed by atoms with Crippen LogP contribution < -0.4 is 10.6 Å². The van der Waals surface area contributed by atoms with Crippen LogP contribution in [-0.2, 0) is 47.5 Å². The van der Waals surface area contributed by atoms with Crippen molar-refractivity contribution in [2.45, 2.75) is 225 Å². The van der Waals surface area contributed by atoms with E-state index in [9.17, 15) is 0 Å². The average Bonchev–Trinajstić information content (AvgIpc) is 3.03. The Morgan fingerprint density at radius 3 is 0.766 bits per heavy atom. The monoisotopic (exact) mass is 897 g/mol. The topological polar surface area (TPSA) is 132 Å². The fourth-order valence-corrected chi connectivity index (χ4v) is 11.0. The number of amides is 2. The van der Waals surface area contributed by atoms with Crippen LogP contribution in [0.2, 0.25) is 0 Å². The molecule has 12 heteroatoms. The summed E-state index contributed by atoms with van der Waals surface area (Å²) in [5, 5.41) is 6.42. The third-order valence-electron chi connectivity index (χ3n) is 15.7. The zero-order valence-electron chi connectivity index (χ0n) is 44.0. The highest BCUT2D eigenvalue weighted by Crippen LogP contribution is 2.75. The molecular formula is C52H84N2O10. The number of benzene rings is 1. The van der Waals surface area contributed by atoms with E-state index in [4.69, 9.17) is 37.9 Å². The average molecular weight is 897 g/mol. The minimum atomic E-state index is -1.48. The van der Waals surface area contributed by atoms with Crippen LogP contribution in [0.3, 0.4) is 0 Å². The molecule has 8 heterocycles. The van der Waals surface area contributed by atoms with Crippen molar-refractivity contribution < 1.29 is 47.5 Å². The Morgan fingerprint density at radius 1 is 0.391 bits per heavy atom. The normalized spacial score (nSPS) is 40.2. The number of hydrogen-bond donors (Lipinski definition) is 2. The van der Waals surface area contributed by atoms with Crippen LogP contribution >= 0.6 is 0 Å². The van der Waals surface area contributed by atoms with Gasteiger partial charge in [0.05, 0.1) is 12.8 Å². The summed E-state index contributed by atoms with van der Waals surface area (Å²) in [6.07, 6.45) is 0.653. The predicted octanol–water partition coefficient (Wildman–Crippen LogP) is 11.7. The number of carbonyl (C=O) groups excluding carboxylic acids is 2. The van der Waals surface area contributed by atoms with Gasteiger partial charge in [-0.2, -0.15) is 0 Å². The molecule has 0 atom stereocenters. The molecule has 0 unspecified atom stereocenters. The molecule has 2 amide bonds. The Bertz CT molecular complexity index is 1790. The number of rotatable bonds is 4. The van der Waals surface area contributed by atoms with E-state index in [0.29, 0.717) is 24.2 Å². The second kappa shape index (κ2) is 13.3. The third kappa shape index (κ3) is 6.41. The van der Waals surface area contributed by atoms with Crippen molar-refractivity contribution in [3.05, 3.63) is 24.3 Å². The molecule has 9 rings (SSSR count). The van der Waals surface area contributed by atoms with Gasteiger partial charge >= 0.3 is 0 Å². The smallest absolute Gasteiger partial charge is 0.238 e. The summed E-state index contributed by atoms with van der Waals surface area (Å²) in [6.45, 7) is 49.9. The van der Waals surface area contributed by atoms with Gasteiger partial charge in [-0.25, -0.2) is 0 Å². The highest BCUT2D eigenvalue weighted by molar-refractivity contribution is 5.97. The molecule has 0 spiro atoms. The van der Waals surface area contributed by atoms with Gasteiger partial charge in [0.25, 0.3) is 0 Å². The van der Waals surface area contributed by atoms with Crippen molar-refractivity contribution in [3.63, 3.8) is 0 Å². The highest BCUT2D eigenvalue weighted by Gasteiger charge is 2.88. The van der Waals surface area contributed by atoms with Gasteiger partial charge in [0.1, 0.15) is 11.8 Å². The summed E-state index contributed by atoms with van der Waals surface area (Å²) in [5.41, 5.74) is -4.18. The van der Waals surface area contributed by atoms with Crippen molar-refractivity contribution in [2.75, 3.05) is 10.6 Å². The van der Waals surface area contributed by atoms with E-state index in [1.165, 1.54) is 0 Å². The highest BCUT2D eigenvalue weighted by atomic mass is 17.0. The quantitative estimate of drug-likeness (QED) is 0.301. The summed E-state index contributed by atoms with van der Waals surface area (Å²) in [6, 6.07) is 7.13. The zero-order valence-corrected chi connectivity index (χ0v) is 44.0. The number of anilines is 2. The number of ether oxygens (including phenoxy) is 8. The zero-order chi connectivity index (χ0) is 48.8. The van der Waals surface area contributed by atoms with E-state index < -0.39 is 113 Å². The molecule has 0 aromatic heterocycles. The molecule has 8 aliphatic heterocycles. The maximum absolute atomic E-state index is 15.4. The third-order valence-corrected chi connectivity index (χ3v) is 15.7. The lowest BCUT2D eigenvalue weighted by molar-refractivity contribution is -0.670. The molecule has 0 radical (unpaired) electrons. The van der Waals surface area contributed by atoms with E-state index in [2.05, 4.69) is 93.7 Å². The first-order chi connectivity index (χ1) is 28.3. The summed E-state index contributed by atoms with van der Waals surface area (Å²) >= 11 is 0. The Labute approximate surface area is 385 Å². The Hall–Kier alpha value is -2.16. The fourth-order valence-electron chi connectivity index (χ4n) is 11.0. The molecular weight excluding hydrogens is 813 g/mol. The number of hydrogen-bond acceptors (Lipinski definition) is 10. The Balaban J connectivity index is 1.29. The van der Waals surface area contributed by atoms with Crippen molar-refractivity contribution in [2.24, 2.45) is 55.2 Å². The maximum atomic E-state index is 15.4. The van der Waals surface area contributed by atoms with Gasteiger partial charge in [-0.05, 0) is 18.2 Å². The molecule has 8 saturated heterocycles. The van der Waals surface area contributed by atoms with Crippen molar-refractivity contribution in [3.8, 4) is 0 Å². The molecule has 8 aliphatic rings. The van der Waals surface area contributed by atoms with Gasteiger partial charge in [-0.3, -0.25) is 9.59 Å². The van der Waals surface area contributed by atoms with E-state index in [-0.39, 0.29) is 0 Å². The lowest BCUT2D eigenvalue weighted by Crippen LogP contribution is -2.90. The van der Waals surface area contributed by atoms with Crippen LogP contribution in [0.25, 0.3) is 0 Å². The minimum absolute atomic E-state index is 0.327. The molecule has 12 nitrogen and oxygen atoms in total. The van der Waals surface area contributed by atoms with E-state index in [1.54, 1.807) is 24.3 Å². The number of nitrogens with one attached hydrogen (secondary N) is 2. The van der Waals surface area contributed by atoms with Gasteiger partial charge in [0, 0.05) is 54.7 Å². The van der Waals surface area contributed by atoms with Crippen LogP contribution in [0.1, 0.15) is 179 Å². The minimum Gasteiger partial charge on any atom is -0.325 e. The van der Waals surface area contributed by atoms with Gasteiger partial charge in [-0.1, -0.05) is 172 Å². The van der Waals surface area contributed by atoms with E-state index in [1.807, 2.05) is 83.1 Å². The van der Waals surface area contributed by atoms with E-state index >= 15 is 9.59 Å². The second-order valence-electron chi connectivity index (χ2n) is 28.3. The first kappa shape index (κ1) is 49.7. The molecule has 2 N–H and O–H groups in total. The molecule has 1 aromatic carbocycles. The molecule has 8 bridgehead atoms. The lowest BCUT2D eigenvalue weighted by atomic mass is 9.59. The lowest BCUT2D eigenvalue weighted by Gasteiger charge is -2.78. The van der Waals surface area contributed by atoms with Gasteiger partial charge in [0.15, 0.2) is 46.3 Å². The van der Waals surface area contributed by atoms with Crippen molar-refractivity contribution >= 4 is 23.2 Å². The molecule has 64 heavy (non-hydrogen) atoms. The molecule has 1 aromatic rings. The van der Waals surface area contributed by atoms with E-state index in [0.717, 1.165) is 0 Å². The molecule has 362 valence electrons. The van der Waals surface area contributed by atoms with Crippen molar-refractivity contribution in [1.82, 2.24) is 0 Å². The standard InChI is InChI=1S/C52H84N2O10/c1-37(2,3)45-29-46(38(4,5)6)59-49(57-45,41(13,14)15)33(50(58-45,60-46)42(16,17)18)35(55)53-31-26-25-27-32(28-31)54-36(56)34-51(43(19,20)21)61-47(39(7,8)9)30-48(63-51,40(10,11)12)64-52(34,62-47)44(22,23)24/h25-28,33-34H,29-30H2,1-24H3,(H,53,55)(H,54,56).